The third kappa shape index (κ3) is 3.30. The highest BCUT2D eigenvalue weighted by atomic mass is 16.5. The van der Waals surface area contributed by atoms with Crippen LogP contribution in [0.5, 0.6) is 0 Å². The lowest BCUT2D eigenvalue weighted by atomic mass is 10.2. The van der Waals surface area contributed by atoms with Gasteiger partial charge in [-0.2, -0.15) is 0 Å². The smallest absolute Gasteiger partial charge is 0.323 e. The lowest BCUT2D eigenvalue weighted by Gasteiger charge is -2.27. The summed E-state index contributed by atoms with van der Waals surface area (Å²) >= 11 is 0. The van der Waals surface area contributed by atoms with Gasteiger partial charge < -0.3 is 10.1 Å². The molecule has 1 N–H and O–H groups in total. The molecule has 0 aliphatic carbocycles. The summed E-state index contributed by atoms with van der Waals surface area (Å²) < 4.78 is 4.75. The third-order valence-electron chi connectivity index (χ3n) is 3.07. The molecule has 17 heavy (non-hydrogen) atoms. The van der Waals surface area contributed by atoms with Gasteiger partial charge in [-0.05, 0) is 26.3 Å². The Balaban J connectivity index is 2.60. The van der Waals surface area contributed by atoms with Crippen LogP contribution in [0, 0.1) is 0 Å². The average molecular weight is 240 g/mol. The van der Waals surface area contributed by atoms with Crippen LogP contribution in [0.1, 0.15) is 19.8 Å². The van der Waals surface area contributed by atoms with Crippen LogP contribution >= 0.6 is 0 Å². The SMILES string of the molecule is C=CCNC(=O)C(C)N1CCCC1C(=O)OC. The van der Waals surface area contributed by atoms with Gasteiger partial charge in [0.15, 0.2) is 0 Å². The second kappa shape index (κ2) is 6.39. The van der Waals surface area contributed by atoms with Crippen LogP contribution in [-0.2, 0) is 14.3 Å². The summed E-state index contributed by atoms with van der Waals surface area (Å²) in [6.45, 7) is 6.55. The Morgan fingerprint density at radius 3 is 2.94 bits per heavy atom. The van der Waals surface area contributed by atoms with Crippen LogP contribution in [0.2, 0.25) is 0 Å². The van der Waals surface area contributed by atoms with Gasteiger partial charge in [0.1, 0.15) is 6.04 Å². The number of amides is 1. The average Bonchev–Trinajstić information content (AvgIpc) is 2.82. The number of rotatable bonds is 5. The highest BCUT2D eigenvalue weighted by Gasteiger charge is 2.36. The van der Waals surface area contributed by atoms with E-state index in [-0.39, 0.29) is 24.0 Å². The highest BCUT2D eigenvalue weighted by molar-refractivity contribution is 5.83. The molecule has 1 amide bonds. The molecule has 5 nitrogen and oxygen atoms in total. The normalized spacial score (nSPS) is 21.9. The molecule has 96 valence electrons. The zero-order chi connectivity index (χ0) is 12.8. The number of ether oxygens (including phenoxy) is 1. The molecule has 0 radical (unpaired) electrons. The van der Waals surface area contributed by atoms with E-state index in [1.54, 1.807) is 13.0 Å². The van der Waals surface area contributed by atoms with Gasteiger partial charge in [-0.15, -0.1) is 6.58 Å². The number of hydrogen-bond acceptors (Lipinski definition) is 4. The van der Waals surface area contributed by atoms with Crippen molar-refractivity contribution in [3.8, 4) is 0 Å². The van der Waals surface area contributed by atoms with E-state index in [9.17, 15) is 9.59 Å². The highest BCUT2D eigenvalue weighted by Crippen LogP contribution is 2.21. The Bertz CT molecular complexity index is 304. The van der Waals surface area contributed by atoms with Crippen LogP contribution in [0.15, 0.2) is 12.7 Å². The van der Waals surface area contributed by atoms with Crippen molar-refractivity contribution in [2.45, 2.75) is 31.8 Å². The Labute approximate surface area is 102 Å². The molecule has 1 aliphatic heterocycles. The molecule has 1 heterocycles. The Kier molecular flexibility index (Phi) is 5.15. The van der Waals surface area contributed by atoms with Gasteiger partial charge in [0, 0.05) is 6.54 Å². The maximum absolute atomic E-state index is 11.8. The van der Waals surface area contributed by atoms with Crippen molar-refractivity contribution in [2.75, 3.05) is 20.2 Å². The molecule has 1 rings (SSSR count). The Morgan fingerprint density at radius 1 is 1.65 bits per heavy atom. The van der Waals surface area contributed by atoms with Crippen molar-refractivity contribution in [1.29, 1.82) is 0 Å². The first-order chi connectivity index (χ1) is 8.11. The Hall–Kier alpha value is -1.36. The number of esters is 1. The summed E-state index contributed by atoms with van der Waals surface area (Å²) in [4.78, 5) is 25.2. The zero-order valence-corrected chi connectivity index (χ0v) is 10.4. The lowest BCUT2D eigenvalue weighted by Crippen LogP contribution is -2.49. The van der Waals surface area contributed by atoms with Gasteiger partial charge in [-0.3, -0.25) is 14.5 Å². The van der Waals surface area contributed by atoms with E-state index < -0.39 is 0 Å². The number of carbonyl (C=O) groups is 2. The molecule has 2 unspecified atom stereocenters. The molecule has 0 spiro atoms. The van der Waals surface area contributed by atoms with Crippen molar-refractivity contribution >= 4 is 11.9 Å². The predicted molar refractivity (Wildman–Crippen MR) is 64.4 cm³/mol. The number of carbonyl (C=O) groups excluding carboxylic acids is 2. The maximum Gasteiger partial charge on any atom is 0.323 e. The monoisotopic (exact) mass is 240 g/mol. The maximum atomic E-state index is 11.8. The fourth-order valence-electron chi connectivity index (χ4n) is 2.11. The van der Waals surface area contributed by atoms with Crippen molar-refractivity contribution < 1.29 is 14.3 Å². The van der Waals surface area contributed by atoms with Crippen LogP contribution in [0.4, 0.5) is 0 Å². The quantitative estimate of drug-likeness (QED) is 0.555. The number of hydrogen-bond donors (Lipinski definition) is 1. The summed E-state index contributed by atoms with van der Waals surface area (Å²) in [7, 11) is 1.38. The van der Waals surface area contributed by atoms with E-state index in [4.69, 9.17) is 4.74 Å². The van der Waals surface area contributed by atoms with Crippen LogP contribution < -0.4 is 5.32 Å². The minimum atomic E-state index is -0.318. The molecule has 1 fully saturated rings. The molecule has 0 aromatic rings. The molecule has 0 saturated carbocycles. The number of likely N-dealkylation sites (tertiary alicyclic amines) is 1. The summed E-state index contributed by atoms with van der Waals surface area (Å²) in [5.74, 6) is -0.341. The van der Waals surface area contributed by atoms with E-state index in [0.717, 1.165) is 19.4 Å². The molecular weight excluding hydrogens is 220 g/mol. The van der Waals surface area contributed by atoms with E-state index >= 15 is 0 Å². The molecule has 0 aromatic heterocycles. The van der Waals surface area contributed by atoms with Gasteiger partial charge in [-0.25, -0.2) is 0 Å². The summed E-state index contributed by atoms with van der Waals surface area (Å²) in [5, 5.41) is 2.74. The van der Waals surface area contributed by atoms with E-state index in [1.807, 2.05) is 4.90 Å². The molecule has 1 saturated heterocycles. The Morgan fingerprint density at radius 2 is 2.35 bits per heavy atom. The first-order valence-electron chi connectivity index (χ1n) is 5.84. The van der Waals surface area contributed by atoms with Crippen molar-refractivity contribution in [1.82, 2.24) is 10.2 Å². The van der Waals surface area contributed by atoms with Crippen LogP contribution in [0.3, 0.4) is 0 Å². The van der Waals surface area contributed by atoms with E-state index in [2.05, 4.69) is 11.9 Å². The first kappa shape index (κ1) is 13.7. The summed E-state index contributed by atoms with van der Waals surface area (Å²) in [5.41, 5.74) is 0. The van der Waals surface area contributed by atoms with Crippen molar-refractivity contribution in [3.05, 3.63) is 12.7 Å². The number of methoxy groups -OCH3 is 1. The van der Waals surface area contributed by atoms with Crippen molar-refractivity contribution in [3.63, 3.8) is 0 Å². The molecular formula is C12H20N2O3. The fraction of sp³-hybridized carbons (Fsp3) is 0.667. The standard InChI is InChI=1S/C12H20N2O3/c1-4-7-13-11(15)9(2)14-8-5-6-10(14)12(16)17-3/h4,9-10H,1,5-8H2,2-3H3,(H,13,15). The van der Waals surface area contributed by atoms with Crippen LogP contribution in [0.25, 0.3) is 0 Å². The largest absolute Gasteiger partial charge is 0.468 e. The lowest BCUT2D eigenvalue weighted by molar-refractivity contribution is -0.147. The van der Waals surface area contributed by atoms with Gasteiger partial charge in [0.05, 0.1) is 13.2 Å². The number of nitrogens with one attached hydrogen (secondary N) is 1. The summed E-state index contributed by atoms with van der Waals surface area (Å²) in [6.07, 6.45) is 3.30. The minimum Gasteiger partial charge on any atom is -0.468 e. The third-order valence-corrected chi connectivity index (χ3v) is 3.07. The van der Waals surface area contributed by atoms with Crippen LogP contribution in [-0.4, -0.2) is 49.1 Å². The van der Waals surface area contributed by atoms with E-state index in [1.165, 1.54) is 7.11 Å². The molecule has 5 heteroatoms. The fourth-order valence-corrected chi connectivity index (χ4v) is 2.11. The second-order valence-corrected chi connectivity index (χ2v) is 4.13. The second-order valence-electron chi connectivity index (χ2n) is 4.13. The molecule has 0 aromatic carbocycles. The first-order valence-corrected chi connectivity index (χ1v) is 5.84. The van der Waals surface area contributed by atoms with Crippen molar-refractivity contribution in [2.24, 2.45) is 0 Å². The van der Waals surface area contributed by atoms with Gasteiger partial charge in [-0.1, -0.05) is 6.08 Å². The zero-order valence-electron chi connectivity index (χ0n) is 10.4. The minimum absolute atomic E-state index is 0.0827. The molecule has 0 bridgehead atoms. The van der Waals surface area contributed by atoms with Gasteiger partial charge in [0.25, 0.3) is 0 Å². The molecule has 1 aliphatic rings. The topological polar surface area (TPSA) is 58.6 Å². The summed E-state index contributed by atoms with van der Waals surface area (Å²) in [6, 6.07) is -0.606. The van der Waals surface area contributed by atoms with Gasteiger partial charge in [0.2, 0.25) is 5.91 Å². The predicted octanol–water partition coefficient (Wildman–Crippen LogP) is 0.314. The molecule has 2 atom stereocenters. The van der Waals surface area contributed by atoms with Gasteiger partial charge >= 0.3 is 5.97 Å². The van der Waals surface area contributed by atoms with E-state index in [0.29, 0.717) is 6.54 Å². The number of nitrogens with zero attached hydrogens (tertiary/aromatic N) is 1.